The van der Waals surface area contributed by atoms with E-state index in [1.807, 2.05) is 13.8 Å². The van der Waals surface area contributed by atoms with Gasteiger partial charge in [-0.1, -0.05) is 69.2 Å². The normalized spacial score (nSPS) is 20.5. The molecule has 10 nitrogen and oxygen atoms in total. The molecule has 0 aliphatic carbocycles. The first-order valence-corrected chi connectivity index (χ1v) is 16.5. The number of amides is 4. The molecule has 4 amide bonds. The maximum absolute atomic E-state index is 13.5. The van der Waals surface area contributed by atoms with Crippen molar-refractivity contribution in [2.75, 3.05) is 26.2 Å². The fourth-order valence-corrected chi connectivity index (χ4v) is 6.27. The van der Waals surface area contributed by atoms with Crippen molar-refractivity contribution in [3.8, 4) is 0 Å². The quantitative estimate of drug-likeness (QED) is 0.248. The molecule has 0 saturated carbocycles. The summed E-state index contributed by atoms with van der Waals surface area (Å²) in [4.78, 5) is 56.0. The lowest BCUT2D eigenvalue weighted by Crippen LogP contribution is -2.59. The smallest absolute Gasteiger partial charge is 0.248 e. The molecule has 10 heteroatoms. The van der Waals surface area contributed by atoms with Gasteiger partial charge in [0.05, 0.1) is 12.7 Å². The lowest BCUT2D eigenvalue weighted by Gasteiger charge is -2.43. The molecular formula is C34H62N4O6. The minimum atomic E-state index is -1.02. The number of aliphatic hydroxyl groups is 2. The summed E-state index contributed by atoms with van der Waals surface area (Å²) >= 11 is 0. The first-order valence-electron chi connectivity index (χ1n) is 16.5. The predicted molar refractivity (Wildman–Crippen MR) is 172 cm³/mol. The maximum atomic E-state index is 13.5. The zero-order chi connectivity index (χ0) is 33.8. The Morgan fingerprint density at radius 1 is 0.841 bits per heavy atom. The third-order valence-electron chi connectivity index (χ3n) is 9.16. The van der Waals surface area contributed by atoms with Crippen LogP contribution in [0.4, 0.5) is 0 Å². The van der Waals surface area contributed by atoms with E-state index in [0.29, 0.717) is 38.4 Å². The van der Waals surface area contributed by atoms with E-state index in [2.05, 4.69) is 45.3 Å². The molecule has 0 aromatic rings. The number of carbonyl (C=O) groups is 4. The fraction of sp³-hybridized carbons (Fsp3) is 0.882. The second-order valence-electron chi connectivity index (χ2n) is 17.1. The molecule has 2 fully saturated rings. The highest BCUT2D eigenvalue weighted by Gasteiger charge is 2.41. The van der Waals surface area contributed by atoms with Gasteiger partial charge >= 0.3 is 0 Å². The van der Waals surface area contributed by atoms with Crippen LogP contribution in [0.1, 0.15) is 115 Å². The summed E-state index contributed by atoms with van der Waals surface area (Å²) < 4.78 is 0. The van der Waals surface area contributed by atoms with Gasteiger partial charge in [-0.25, -0.2) is 0 Å². The highest BCUT2D eigenvalue weighted by Crippen LogP contribution is 2.38. The van der Waals surface area contributed by atoms with Gasteiger partial charge in [0, 0.05) is 36.5 Å². The van der Waals surface area contributed by atoms with Crippen molar-refractivity contribution in [3.05, 3.63) is 0 Å². The second-order valence-corrected chi connectivity index (χ2v) is 17.1. The van der Waals surface area contributed by atoms with Crippen LogP contribution in [0.15, 0.2) is 0 Å². The van der Waals surface area contributed by atoms with Crippen LogP contribution in [0.2, 0.25) is 0 Å². The number of rotatable bonds is 13. The van der Waals surface area contributed by atoms with Crippen molar-refractivity contribution >= 4 is 23.6 Å². The third kappa shape index (κ3) is 10.7. The Bertz CT molecular complexity index is 1020. The van der Waals surface area contributed by atoms with Crippen molar-refractivity contribution < 1.29 is 29.4 Å². The summed E-state index contributed by atoms with van der Waals surface area (Å²) in [5.41, 5.74) is -1.47. The molecule has 2 aliphatic rings. The number of aliphatic hydroxyl groups excluding tert-OH is 2. The van der Waals surface area contributed by atoms with E-state index < -0.39 is 35.6 Å². The minimum absolute atomic E-state index is 0.0303. The summed E-state index contributed by atoms with van der Waals surface area (Å²) in [7, 11) is 0. The second kappa shape index (κ2) is 14.5. The third-order valence-corrected chi connectivity index (χ3v) is 9.16. The standard InChI is InChI=1S/C34H62N4O6/c1-22(40)26(36-29(43)32(5,6)7)28(42)38-16-12-13-24(38)18-33(8,9)14-15-34(10,11)30(44)35-25(21-39)27(41)37-19-23(20-37)17-31(2,3)4/h22-26,39-40H,12-21H2,1-11H3,(H,35,44)(H,36,43). The average Bonchev–Trinajstić information content (AvgIpc) is 3.31. The summed E-state index contributed by atoms with van der Waals surface area (Å²) in [5.74, 6) is -0.601. The fourth-order valence-electron chi connectivity index (χ4n) is 6.27. The zero-order valence-electron chi connectivity index (χ0n) is 29.4. The van der Waals surface area contributed by atoms with Gasteiger partial charge < -0.3 is 30.6 Å². The van der Waals surface area contributed by atoms with Gasteiger partial charge in [-0.05, 0) is 62.2 Å². The van der Waals surface area contributed by atoms with E-state index in [-0.39, 0.29) is 40.5 Å². The van der Waals surface area contributed by atoms with Crippen molar-refractivity contribution in [1.29, 1.82) is 0 Å². The molecule has 2 saturated heterocycles. The number of likely N-dealkylation sites (tertiary alicyclic amines) is 2. The van der Waals surface area contributed by atoms with Crippen molar-refractivity contribution in [3.63, 3.8) is 0 Å². The largest absolute Gasteiger partial charge is 0.394 e. The molecule has 0 spiro atoms. The van der Waals surface area contributed by atoms with E-state index in [4.69, 9.17) is 0 Å². The monoisotopic (exact) mass is 622 g/mol. The number of hydrogen-bond donors (Lipinski definition) is 4. The molecule has 0 aromatic heterocycles. The molecule has 0 aromatic carbocycles. The van der Waals surface area contributed by atoms with E-state index >= 15 is 0 Å². The molecule has 254 valence electrons. The van der Waals surface area contributed by atoms with Crippen LogP contribution in [-0.2, 0) is 19.2 Å². The first kappa shape index (κ1) is 38.0. The molecule has 2 rings (SSSR count). The average molecular weight is 623 g/mol. The van der Waals surface area contributed by atoms with Gasteiger partial charge in [0.2, 0.25) is 23.6 Å². The predicted octanol–water partition coefficient (Wildman–Crippen LogP) is 3.48. The Hall–Kier alpha value is -2.20. The van der Waals surface area contributed by atoms with Gasteiger partial charge in [-0.2, -0.15) is 0 Å². The van der Waals surface area contributed by atoms with Crippen molar-refractivity contribution in [2.24, 2.45) is 27.6 Å². The minimum Gasteiger partial charge on any atom is -0.394 e. The lowest BCUT2D eigenvalue weighted by molar-refractivity contribution is -0.145. The topological polar surface area (TPSA) is 139 Å². The molecule has 2 heterocycles. The SMILES string of the molecule is CC(O)C(NC(=O)C(C)(C)C)C(=O)N1CCCC1CC(C)(C)CCC(C)(C)C(=O)NC(CO)C(=O)N1CC(CC(C)(C)C)C1. The maximum Gasteiger partial charge on any atom is 0.248 e. The van der Waals surface area contributed by atoms with Crippen molar-refractivity contribution in [2.45, 2.75) is 139 Å². The van der Waals surface area contributed by atoms with E-state index in [9.17, 15) is 29.4 Å². The summed E-state index contributed by atoms with van der Waals surface area (Å²) in [6.07, 6.45) is 3.69. The Balaban J connectivity index is 1.96. The number of nitrogens with one attached hydrogen (secondary N) is 2. The molecule has 0 radical (unpaired) electrons. The van der Waals surface area contributed by atoms with Gasteiger partial charge in [0.1, 0.15) is 12.1 Å². The van der Waals surface area contributed by atoms with E-state index in [1.165, 1.54) is 6.92 Å². The van der Waals surface area contributed by atoms with Crippen LogP contribution < -0.4 is 10.6 Å². The summed E-state index contributed by atoms with van der Waals surface area (Å²) in [6.45, 7) is 22.8. The zero-order valence-corrected chi connectivity index (χ0v) is 29.4. The first-order chi connectivity index (χ1) is 20.0. The molecule has 44 heavy (non-hydrogen) atoms. The van der Waals surface area contributed by atoms with E-state index in [0.717, 1.165) is 25.7 Å². The highest BCUT2D eigenvalue weighted by atomic mass is 16.3. The van der Waals surface area contributed by atoms with Crippen LogP contribution in [0.5, 0.6) is 0 Å². The summed E-state index contributed by atoms with van der Waals surface area (Å²) in [5, 5.41) is 25.9. The molecular weight excluding hydrogens is 560 g/mol. The van der Waals surface area contributed by atoms with Crippen molar-refractivity contribution in [1.82, 2.24) is 20.4 Å². The van der Waals surface area contributed by atoms with Crippen LogP contribution in [0, 0.1) is 27.6 Å². The number of hydrogen-bond acceptors (Lipinski definition) is 6. The Labute approximate surface area is 266 Å². The van der Waals surface area contributed by atoms with E-state index in [1.54, 1.807) is 30.6 Å². The Morgan fingerprint density at radius 3 is 1.93 bits per heavy atom. The van der Waals surface area contributed by atoms with Gasteiger partial charge in [0.25, 0.3) is 0 Å². The summed E-state index contributed by atoms with van der Waals surface area (Å²) in [6, 6.07) is -1.99. The van der Waals surface area contributed by atoms with Crippen LogP contribution in [-0.4, -0.2) is 94.1 Å². The van der Waals surface area contributed by atoms with Crippen LogP contribution >= 0.6 is 0 Å². The van der Waals surface area contributed by atoms with Crippen LogP contribution in [0.25, 0.3) is 0 Å². The molecule has 0 bridgehead atoms. The Morgan fingerprint density at radius 2 is 1.43 bits per heavy atom. The lowest BCUT2D eigenvalue weighted by atomic mass is 9.75. The van der Waals surface area contributed by atoms with Gasteiger partial charge in [-0.15, -0.1) is 0 Å². The molecule has 4 unspecified atom stereocenters. The van der Waals surface area contributed by atoms with Crippen LogP contribution in [0.3, 0.4) is 0 Å². The number of nitrogens with zero attached hydrogens (tertiary/aromatic N) is 2. The Kier molecular flexibility index (Phi) is 12.5. The number of carbonyl (C=O) groups excluding carboxylic acids is 4. The highest BCUT2D eigenvalue weighted by molar-refractivity contribution is 5.91. The molecule has 4 N–H and O–H groups in total. The van der Waals surface area contributed by atoms with Gasteiger partial charge in [0.15, 0.2) is 0 Å². The van der Waals surface area contributed by atoms with Gasteiger partial charge in [-0.3, -0.25) is 19.2 Å². The molecule has 2 aliphatic heterocycles. The molecule has 4 atom stereocenters.